The quantitative estimate of drug-likeness (QED) is 0.753. The summed E-state index contributed by atoms with van der Waals surface area (Å²) in [4.78, 5) is 24.5. The summed E-state index contributed by atoms with van der Waals surface area (Å²) in [5.41, 5.74) is 6.53. The third kappa shape index (κ3) is 4.10. The Morgan fingerprint density at radius 3 is 2.57 bits per heavy atom. The summed E-state index contributed by atoms with van der Waals surface area (Å²) in [6.45, 7) is 8.43. The molecule has 2 amide bonds. The van der Waals surface area contributed by atoms with Gasteiger partial charge in [0.15, 0.2) is 0 Å². The van der Waals surface area contributed by atoms with E-state index < -0.39 is 5.54 Å². The van der Waals surface area contributed by atoms with Gasteiger partial charge in [-0.25, -0.2) is 0 Å². The first-order valence-corrected chi connectivity index (χ1v) is 8.20. The van der Waals surface area contributed by atoms with Crippen molar-refractivity contribution in [3.05, 3.63) is 29.8 Å². The summed E-state index contributed by atoms with van der Waals surface area (Å²) >= 11 is 0. The molecule has 0 spiro atoms. The van der Waals surface area contributed by atoms with Crippen molar-refractivity contribution in [2.24, 2.45) is 23.5 Å². The Kier molecular flexibility index (Phi) is 5.09. The number of anilines is 1. The molecule has 1 aromatic carbocycles. The number of hydrogen-bond acceptors (Lipinski definition) is 3. The van der Waals surface area contributed by atoms with Crippen molar-refractivity contribution in [1.29, 1.82) is 0 Å². The highest BCUT2D eigenvalue weighted by atomic mass is 16.2. The number of hydrogen-bond donors (Lipinski definition) is 3. The number of rotatable bonds is 6. The van der Waals surface area contributed by atoms with E-state index in [9.17, 15) is 9.59 Å². The van der Waals surface area contributed by atoms with E-state index in [2.05, 4.69) is 17.6 Å². The number of nitrogens with one attached hydrogen (secondary N) is 2. The Balaban J connectivity index is 2.06. The maximum absolute atomic E-state index is 12.5. The van der Waals surface area contributed by atoms with Crippen molar-refractivity contribution in [3.8, 4) is 0 Å². The van der Waals surface area contributed by atoms with Crippen LogP contribution in [0.5, 0.6) is 0 Å². The summed E-state index contributed by atoms with van der Waals surface area (Å²) in [6.07, 6.45) is 0.940. The minimum atomic E-state index is -0.459. The van der Waals surface area contributed by atoms with Crippen molar-refractivity contribution < 1.29 is 9.59 Å². The molecule has 1 aromatic rings. The number of carbonyl (C=O) groups is 2. The highest BCUT2D eigenvalue weighted by molar-refractivity contribution is 5.98. The highest BCUT2D eigenvalue weighted by Gasteiger charge is 2.39. The predicted molar refractivity (Wildman–Crippen MR) is 92.1 cm³/mol. The molecule has 5 nitrogen and oxygen atoms in total. The molecule has 1 aliphatic rings. The van der Waals surface area contributed by atoms with Crippen molar-refractivity contribution in [1.82, 2.24) is 5.32 Å². The molecule has 0 saturated heterocycles. The number of benzene rings is 1. The minimum absolute atomic E-state index is 0.0315. The lowest BCUT2D eigenvalue weighted by Gasteiger charge is -2.33. The van der Waals surface area contributed by atoms with E-state index >= 15 is 0 Å². The molecule has 126 valence electrons. The van der Waals surface area contributed by atoms with E-state index in [-0.39, 0.29) is 23.7 Å². The van der Waals surface area contributed by atoms with E-state index in [4.69, 9.17) is 5.73 Å². The summed E-state index contributed by atoms with van der Waals surface area (Å²) in [7, 11) is 0. The normalized spacial score (nSPS) is 22.3. The van der Waals surface area contributed by atoms with Crippen LogP contribution in [0, 0.1) is 17.8 Å². The second kappa shape index (κ2) is 6.71. The molecule has 3 atom stereocenters. The minimum Gasteiger partial charge on any atom is -0.345 e. The number of amides is 2. The van der Waals surface area contributed by atoms with E-state index in [1.54, 1.807) is 24.3 Å². The largest absolute Gasteiger partial charge is 0.345 e. The maximum atomic E-state index is 12.5. The summed E-state index contributed by atoms with van der Waals surface area (Å²) in [6, 6.07) is 7.02. The van der Waals surface area contributed by atoms with E-state index in [0.29, 0.717) is 23.7 Å². The Morgan fingerprint density at radius 1 is 1.39 bits per heavy atom. The van der Waals surface area contributed by atoms with Gasteiger partial charge in [-0.3, -0.25) is 9.59 Å². The Morgan fingerprint density at radius 2 is 2.04 bits per heavy atom. The fourth-order valence-electron chi connectivity index (χ4n) is 2.42. The molecule has 4 N–H and O–H groups in total. The third-order valence-corrected chi connectivity index (χ3v) is 4.94. The summed E-state index contributed by atoms with van der Waals surface area (Å²) in [5.74, 6) is 0.633. The van der Waals surface area contributed by atoms with Gasteiger partial charge in [-0.1, -0.05) is 26.8 Å². The molecule has 5 heteroatoms. The van der Waals surface area contributed by atoms with Crippen LogP contribution in [0.2, 0.25) is 0 Å². The topological polar surface area (TPSA) is 84.2 Å². The van der Waals surface area contributed by atoms with Gasteiger partial charge in [-0.05, 0) is 43.4 Å². The van der Waals surface area contributed by atoms with Gasteiger partial charge in [0.25, 0.3) is 5.91 Å². The number of nitrogens with two attached hydrogens (primary N) is 1. The molecular formula is C18H27N3O2. The lowest BCUT2D eigenvalue weighted by molar-refractivity contribution is -0.117. The first-order chi connectivity index (χ1) is 10.8. The van der Waals surface area contributed by atoms with Crippen LogP contribution < -0.4 is 16.4 Å². The van der Waals surface area contributed by atoms with Gasteiger partial charge in [0.05, 0.1) is 5.54 Å². The van der Waals surface area contributed by atoms with Crippen LogP contribution in [0.25, 0.3) is 0 Å². The average molecular weight is 317 g/mol. The molecule has 0 aliphatic heterocycles. The zero-order valence-corrected chi connectivity index (χ0v) is 14.3. The average Bonchev–Trinajstić information content (AvgIpc) is 3.24. The highest BCUT2D eigenvalue weighted by Crippen LogP contribution is 2.38. The molecule has 1 saturated carbocycles. The van der Waals surface area contributed by atoms with Gasteiger partial charge in [0.2, 0.25) is 5.91 Å². The molecule has 0 radical (unpaired) electrons. The Bertz CT molecular complexity index is 600. The van der Waals surface area contributed by atoms with Crippen molar-refractivity contribution in [2.75, 3.05) is 11.9 Å². The predicted octanol–water partition coefficient (Wildman–Crippen LogP) is 2.38. The SMILES string of the molecule is CC1CC1C(=O)Nc1cccc(C(=O)NC(C)(CN)C(C)C)c1. The zero-order valence-electron chi connectivity index (χ0n) is 14.3. The first kappa shape index (κ1) is 17.5. The van der Waals surface area contributed by atoms with Crippen LogP contribution >= 0.6 is 0 Å². The van der Waals surface area contributed by atoms with Crippen molar-refractivity contribution in [2.45, 2.75) is 39.7 Å². The second-order valence-electron chi connectivity index (χ2n) is 7.12. The van der Waals surface area contributed by atoms with Gasteiger partial charge < -0.3 is 16.4 Å². The van der Waals surface area contributed by atoms with Crippen LogP contribution in [0.3, 0.4) is 0 Å². The Labute approximate surface area is 138 Å². The fourth-order valence-corrected chi connectivity index (χ4v) is 2.42. The fraction of sp³-hybridized carbons (Fsp3) is 0.556. The first-order valence-electron chi connectivity index (χ1n) is 8.20. The third-order valence-electron chi connectivity index (χ3n) is 4.94. The smallest absolute Gasteiger partial charge is 0.251 e. The van der Waals surface area contributed by atoms with Crippen LogP contribution in [0.4, 0.5) is 5.69 Å². The summed E-state index contributed by atoms with van der Waals surface area (Å²) in [5, 5.41) is 5.89. The molecule has 2 rings (SSSR count). The van der Waals surface area contributed by atoms with Gasteiger partial charge in [-0.2, -0.15) is 0 Å². The molecular weight excluding hydrogens is 290 g/mol. The molecule has 0 bridgehead atoms. The molecule has 23 heavy (non-hydrogen) atoms. The molecule has 1 aliphatic carbocycles. The van der Waals surface area contributed by atoms with Gasteiger partial charge >= 0.3 is 0 Å². The van der Waals surface area contributed by atoms with E-state index in [1.165, 1.54) is 0 Å². The maximum Gasteiger partial charge on any atom is 0.251 e. The van der Waals surface area contributed by atoms with Gasteiger partial charge in [0.1, 0.15) is 0 Å². The van der Waals surface area contributed by atoms with Gasteiger partial charge in [-0.15, -0.1) is 0 Å². The summed E-state index contributed by atoms with van der Waals surface area (Å²) < 4.78 is 0. The van der Waals surface area contributed by atoms with Crippen molar-refractivity contribution >= 4 is 17.5 Å². The number of carbonyl (C=O) groups excluding carboxylic acids is 2. The van der Waals surface area contributed by atoms with Crippen LogP contribution in [0.1, 0.15) is 44.5 Å². The molecule has 3 unspecified atom stereocenters. The van der Waals surface area contributed by atoms with Crippen LogP contribution in [-0.2, 0) is 4.79 Å². The zero-order chi connectivity index (χ0) is 17.2. The Hall–Kier alpha value is -1.88. The standard InChI is InChI=1S/C18H27N3O2/c1-11(2)18(4,10-19)21-16(22)13-6-5-7-14(9-13)20-17(23)15-8-12(15)3/h5-7,9,11-12,15H,8,10,19H2,1-4H3,(H,20,23)(H,21,22). The van der Waals surface area contributed by atoms with Crippen molar-refractivity contribution in [3.63, 3.8) is 0 Å². The molecule has 0 aromatic heterocycles. The van der Waals surface area contributed by atoms with E-state index in [1.807, 2.05) is 20.8 Å². The van der Waals surface area contributed by atoms with Crippen LogP contribution in [-0.4, -0.2) is 23.9 Å². The van der Waals surface area contributed by atoms with Crippen LogP contribution in [0.15, 0.2) is 24.3 Å². The monoisotopic (exact) mass is 317 g/mol. The molecule has 0 heterocycles. The van der Waals surface area contributed by atoms with E-state index in [0.717, 1.165) is 6.42 Å². The lowest BCUT2D eigenvalue weighted by Crippen LogP contribution is -2.55. The molecule has 1 fully saturated rings. The second-order valence-corrected chi connectivity index (χ2v) is 7.12. The van der Waals surface area contributed by atoms with Gasteiger partial charge in [0, 0.05) is 23.7 Å². The lowest BCUT2D eigenvalue weighted by atomic mass is 9.88.